The van der Waals surface area contributed by atoms with Gasteiger partial charge in [-0.1, -0.05) is 36.0 Å². The Labute approximate surface area is 220 Å². The first-order valence-electron chi connectivity index (χ1n) is 11.0. The van der Waals surface area contributed by atoms with Crippen LogP contribution in [-0.2, 0) is 0 Å². The summed E-state index contributed by atoms with van der Waals surface area (Å²) in [5.74, 6) is -0.342. The van der Waals surface area contributed by atoms with E-state index in [9.17, 15) is 9.18 Å². The topological polar surface area (TPSA) is 50.2 Å². The zero-order chi connectivity index (χ0) is 22.9. The van der Waals surface area contributed by atoms with Crippen molar-refractivity contribution in [2.45, 2.75) is 29.8 Å². The largest absolute Gasteiger partial charge is 0.336 e. The van der Waals surface area contributed by atoms with E-state index < -0.39 is 0 Å². The molecule has 1 amide bonds. The monoisotopic (exact) mass is 532 g/mol. The van der Waals surface area contributed by atoms with Crippen molar-refractivity contribution in [2.75, 3.05) is 19.6 Å². The first kappa shape index (κ1) is 27.0. The molecule has 0 unspecified atom stereocenters. The molecule has 0 radical (unpaired) electrons. The maximum absolute atomic E-state index is 14.2. The van der Waals surface area contributed by atoms with E-state index in [0.717, 1.165) is 33.2 Å². The Morgan fingerprint density at radius 3 is 2.63 bits per heavy atom. The zero-order valence-corrected chi connectivity index (χ0v) is 21.9. The van der Waals surface area contributed by atoms with Crippen molar-refractivity contribution in [3.8, 4) is 5.69 Å². The summed E-state index contributed by atoms with van der Waals surface area (Å²) in [6.07, 6.45) is 1.72. The highest BCUT2D eigenvalue weighted by Crippen LogP contribution is 2.40. The van der Waals surface area contributed by atoms with Crippen LogP contribution in [0.15, 0.2) is 76.8 Å². The van der Waals surface area contributed by atoms with Crippen LogP contribution in [0.4, 0.5) is 4.39 Å². The number of fused-ring (bicyclic) bond motifs is 1. The molecule has 0 aliphatic carbocycles. The molecule has 4 aromatic rings. The first-order chi connectivity index (χ1) is 16.0. The Morgan fingerprint density at radius 2 is 1.89 bits per heavy atom. The fourth-order valence-corrected chi connectivity index (χ4v) is 5.47. The minimum Gasteiger partial charge on any atom is -0.336 e. The van der Waals surface area contributed by atoms with Crippen molar-refractivity contribution in [3.63, 3.8) is 0 Å². The Morgan fingerprint density at radius 1 is 1.11 bits per heavy atom. The maximum atomic E-state index is 14.2. The van der Waals surface area contributed by atoms with Gasteiger partial charge in [-0.05, 0) is 55.8 Å². The molecule has 1 N–H and O–H groups in total. The van der Waals surface area contributed by atoms with Crippen LogP contribution in [0.25, 0.3) is 16.7 Å². The molecule has 184 valence electrons. The third-order valence-electron chi connectivity index (χ3n) is 5.92. The third kappa shape index (κ3) is 5.33. The van der Waals surface area contributed by atoms with Crippen molar-refractivity contribution < 1.29 is 9.18 Å². The van der Waals surface area contributed by atoms with E-state index in [1.807, 2.05) is 54.3 Å². The van der Waals surface area contributed by atoms with Gasteiger partial charge in [0.2, 0.25) is 0 Å². The van der Waals surface area contributed by atoms with Crippen LogP contribution in [0, 0.1) is 12.7 Å². The van der Waals surface area contributed by atoms with E-state index >= 15 is 0 Å². The number of benzene rings is 2. The van der Waals surface area contributed by atoms with Gasteiger partial charge in [0.15, 0.2) is 0 Å². The van der Waals surface area contributed by atoms with Crippen LogP contribution >= 0.6 is 36.6 Å². The van der Waals surface area contributed by atoms with Crippen LogP contribution in [0.2, 0.25) is 0 Å². The van der Waals surface area contributed by atoms with Crippen molar-refractivity contribution in [3.05, 3.63) is 83.8 Å². The molecule has 2 aromatic heterocycles. The van der Waals surface area contributed by atoms with Gasteiger partial charge in [-0.3, -0.25) is 9.78 Å². The predicted octanol–water partition coefficient (Wildman–Crippen LogP) is 5.90. The van der Waals surface area contributed by atoms with Gasteiger partial charge in [0.05, 0.1) is 16.1 Å². The molecule has 1 fully saturated rings. The van der Waals surface area contributed by atoms with Crippen LogP contribution in [-0.4, -0.2) is 46.0 Å². The molecule has 1 aliphatic heterocycles. The molecule has 1 saturated heterocycles. The average Bonchev–Trinajstić information content (AvgIpc) is 3.15. The second-order valence-electron chi connectivity index (χ2n) is 8.34. The lowest BCUT2D eigenvalue weighted by atomic mass is 10.2. The number of nitrogens with zero attached hydrogens (tertiary/aromatic N) is 3. The number of hydrogen-bond acceptors (Lipinski definition) is 4. The SMILES string of the molecule is Cc1ccc(F)cc1Sc1c(C(=O)N2CCN[C@@H](C)C2)c2ncccc2n1-c1ccccc1.Cl.Cl. The van der Waals surface area contributed by atoms with Gasteiger partial charge in [0.25, 0.3) is 5.91 Å². The summed E-state index contributed by atoms with van der Waals surface area (Å²) < 4.78 is 16.2. The van der Waals surface area contributed by atoms with E-state index in [0.29, 0.717) is 24.2 Å². The van der Waals surface area contributed by atoms with Gasteiger partial charge in [0, 0.05) is 42.5 Å². The highest BCUT2D eigenvalue weighted by molar-refractivity contribution is 7.99. The highest BCUT2D eigenvalue weighted by atomic mass is 35.5. The summed E-state index contributed by atoms with van der Waals surface area (Å²) in [5, 5.41) is 4.14. The van der Waals surface area contributed by atoms with Gasteiger partial charge < -0.3 is 14.8 Å². The van der Waals surface area contributed by atoms with Crippen molar-refractivity contribution >= 4 is 53.5 Å². The maximum Gasteiger partial charge on any atom is 0.258 e. The number of para-hydroxylation sites is 1. The van der Waals surface area contributed by atoms with Gasteiger partial charge in [-0.15, -0.1) is 24.8 Å². The second kappa shape index (κ2) is 11.4. The minimum atomic E-state index is -0.299. The summed E-state index contributed by atoms with van der Waals surface area (Å²) in [5.41, 5.74) is 3.96. The highest BCUT2D eigenvalue weighted by Gasteiger charge is 2.30. The molecule has 5 nitrogen and oxygen atoms in total. The summed E-state index contributed by atoms with van der Waals surface area (Å²) in [7, 11) is 0. The van der Waals surface area contributed by atoms with Crippen molar-refractivity contribution in [1.29, 1.82) is 0 Å². The number of amides is 1. The zero-order valence-electron chi connectivity index (χ0n) is 19.4. The fraction of sp³-hybridized carbons (Fsp3) is 0.231. The molecular formula is C26H27Cl2FN4OS. The first-order valence-corrected chi connectivity index (χ1v) is 11.9. The molecule has 1 aliphatic rings. The van der Waals surface area contributed by atoms with Crippen LogP contribution < -0.4 is 5.32 Å². The van der Waals surface area contributed by atoms with Crippen LogP contribution in [0.5, 0.6) is 0 Å². The van der Waals surface area contributed by atoms with Crippen molar-refractivity contribution in [1.82, 2.24) is 19.8 Å². The molecule has 0 saturated carbocycles. The van der Waals surface area contributed by atoms with E-state index in [4.69, 9.17) is 0 Å². The molecular weight excluding hydrogens is 506 g/mol. The van der Waals surface area contributed by atoms with E-state index in [-0.39, 0.29) is 42.6 Å². The van der Waals surface area contributed by atoms with Gasteiger partial charge >= 0.3 is 0 Å². The standard InChI is InChI=1S/C26H25FN4OS.2ClH/c1-17-10-11-19(27)15-22(17)33-26-23(25(32)30-14-13-28-18(2)16-30)24-21(9-6-12-29-24)31(26)20-7-4-3-5-8-20;;/h3-12,15,18,28H,13-14,16H2,1-2H3;2*1H/t18-;;/m0../s1. The Bertz CT molecular complexity index is 1330. The second-order valence-corrected chi connectivity index (χ2v) is 9.37. The quantitative estimate of drug-likeness (QED) is 0.355. The molecule has 3 heterocycles. The Hall–Kier alpha value is -2.58. The molecule has 9 heteroatoms. The molecule has 35 heavy (non-hydrogen) atoms. The lowest BCUT2D eigenvalue weighted by Gasteiger charge is -2.32. The molecule has 5 rings (SSSR count). The normalized spacial score (nSPS) is 15.4. The number of aromatic nitrogens is 2. The number of carbonyl (C=O) groups is 1. The van der Waals surface area contributed by atoms with E-state index in [1.54, 1.807) is 12.3 Å². The summed E-state index contributed by atoms with van der Waals surface area (Å²) >= 11 is 1.42. The van der Waals surface area contributed by atoms with Crippen LogP contribution in [0.3, 0.4) is 0 Å². The number of rotatable bonds is 4. The predicted molar refractivity (Wildman–Crippen MR) is 144 cm³/mol. The van der Waals surface area contributed by atoms with Gasteiger partial charge in [-0.25, -0.2) is 4.39 Å². The molecule has 0 bridgehead atoms. The lowest BCUT2D eigenvalue weighted by Crippen LogP contribution is -2.51. The number of aryl methyl sites for hydroxylation is 1. The minimum absolute atomic E-state index is 0. The summed E-state index contributed by atoms with van der Waals surface area (Å²) in [6, 6.07) is 18.8. The van der Waals surface area contributed by atoms with E-state index in [1.165, 1.54) is 23.9 Å². The number of nitrogens with one attached hydrogen (secondary N) is 1. The van der Waals surface area contributed by atoms with Crippen LogP contribution in [0.1, 0.15) is 22.8 Å². The molecule has 0 spiro atoms. The van der Waals surface area contributed by atoms with Crippen molar-refractivity contribution in [2.24, 2.45) is 0 Å². The van der Waals surface area contributed by atoms with E-state index in [2.05, 4.69) is 21.8 Å². The summed E-state index contributed by atoms with van der Waals surface area (Å²) in [4.78, 5) is 21.2. The Kier molecular flexibility index (Phi) is 8.83. The third-order valence-corrected chi connectivity index (χ3v) is 7.16. The number of carbonyl (C=O) groups excluding carboxylic acids is 1. The van der Waals surface area contributed by atoms with Gasteiger partial charge in [-0.2, -0.15) is 0 Å². The number of piperazine rings is 1. The summed E-state index contributed by atoms with van der Waals surface area (Å²) in [6.45, 7) is 6.05. The average molecular weight is 534 g/mol. The number of halogens is 3. The smallest absolute Gasteiger partial charge is 0.258 e. The Balaban J connectivity index is 0.00000171. The number of hydrogen-bond donors (Lipinski definition) is 1. The fourth-order valence-electron chi connectivity index (χ4n) is 4.28. The molecule has 1 atom stereocenters. The van der Waals surface area contributed by atoms with Gasteiger partial charge in [0.1, 0.15) is 11.3 Å². The molecule has 2 aromatic carbocycles. The lowest BCUT2D eigenvalue weighted by molar-refractivity contribution is 0.0707. The number of pyridine rings is 1.